The summed E-state index contributed by atoms with van der Waals surface area (Å²) in [7, 11) is 0. The molecular formula is C23H19Cl2F3O3. The van der Waals surface area contributed by atoms with Crippen molar-refractivity contribution < 1.29 is 27.4 Å². The number of carbonyl (C=O) groups is 1. The van der Waals surface area contributed by atoms with Crippen LogP contribution in [0.2, 0.25) is 0 Å². The van der Waals surface area contributed by atoms with Gasteiger partial charge in [-0.15, -0.1) is 0 Å². The normalized spacial score (nSPS) is 19.7. The highest BCUT2D eigenvalue weighted by Gasteiger charge is 2.62. The van der Waals surface area contributed by atoms with Crippen molar-refractivity contribution >= 4 is 29.2 Å². The van der Waals surface area contributed by atoms with Crippen molar-refractivity contribution in [2.45, 2.75) is 20.0 Å². The first-order chi connectivity index (χ1) is 14.6. The maximum absolute atomic E-state index is 14.3. The molecule has 0 radical (unpaired) electrons. The van der Waals surface area contributed by atoms with Crippen LogP contribution in [0.1, 0.15) is 25.5 Å². The minimum Gasteiger partial charge on any atom is -0.457 e. The molecule has 2 aromatic carbocycles. The maximum atomic E-state index is 14.3. The average Bonchev–Trinajstić information content (AvgIpc) is 3.25. The van der Waals surface area contributed by atoms with Gasteiger partial charge in [0.25, 0.3) is 0 Å². The SMILES string of the molecule is CC1(C)C(C=C(Cl)Cl)C1C(=O)OC(C(F)=C(F)F)c1cccc(Oc2ccccc2)c1. The molecule has 3 unspecified atom stereocenters. The number of hydrogen-bond acceptors (Lipinski definition) is 3. The molecule has 1 saturated carbocycles. The Hall–Kier alpha value is -2.44. The van der Waals surface area contributed by atoms with Crippen molar-refractivity contribution in [3.05, 3.63) is 82.6 Å². The average molecular weight is 471 g/mol. The van der Waals surface area contributed by atoms with Crippen LogP contribution in [0.4, 0.5) is 13.2 Å². The first kappa shape index (κ1) is 23.2. The molecule has 0 spiro atoms. The summed E-state index contributed by atoms with van der Waals surface area (Å²) in [6, 6.07) is 14.5. The summed E-state index contributed by atoms with van der Waals surface area (Å²) in [5, 5.41) is 0. The highest BCUT2D eigenvalue weighted by Crippen LogP contribution is 2.60. The summed E-state index contributed by atoms with van der Waals surface area (Å²) in [5.41, 5.74) is -0.545. The third kappa shape index (κ3) is 5.43. The molecule has 1 aliphatic rings. The number of carbonyl (C=O) groups excluding carboxylic acids is 1. The van der Waals surface area contributed by atoms with Crippen molar-refractivity contribution in [1.82, 2.24) is 0 Å². The molecule has 164 valence electrons. The zero-order chi connectivity index (χ0) is 22.8. The molecular weight excluding hydrogens is 452 g/mol. The molecule has 2 aromatic rings. The van der Waals surface area contributed by atoms with Crippen molar-refractivity contribution in [2.75, 3.05) is 0 Å². The molecule has 0 N–H and O–H groups in total. The van der Waals surface area contributed by atoms with E-state index in [4.69, 9.17) is 32.7 Å². The Bertz CT molecular complexity index is 1010. The quantitative estimate of drug-likeness (QED) is 0.388. The third-order valence-electron chi connectivity index (χ3n) is 5.25. The number of allylic oxidation sites excluding steroid dienone is 1. The highest BCUT2D eigenvalue weighted by molar-refractivity contribution is 6.55. The predicted molar refractivity (Wildman–Crippen MR) is 113 cm³/mol. The fourth-order valence-electron chi connectivity index (χ4n) is 3.50. The second-order valence-electron chi connectivity index (χ2n) is 7.69. The Morgan fingerprint density at radius 3 is 2.29 bits per heavy atom. The molecule has 0 amide bonds. The molecule has 3 rings (SSSR count). The minimum absolute atomic E-state index is 0.00741. The first-order valence-corrected chi connectivity index (χ1v) is 10.1. The summed E-state index contributed by atoms with van der Waals surface area (Å²) in [5.74, 6) is -2.92. The van der Waals surface area contributed by atoms with Crippen LogP contribution < -0.4 is 4.74 Å². The van der Waals surface area contributed by atoms with E-state index in [1.54, 1.807) is 44.2 Å². The van der Waals surface area contributed by atoms with Gasteiger partial charge in [-0.3, -0.25) is 4.79 Å². The van der Waals surface area contributed by atoms with Crippen LogP contribution in [0.5, 0.6) is 11.5 Å². The van der Waals surface area contributed by atoms with Gasteiger partial charge in [0.15, 0.2) is 6.10 Å². The summed E-state index contributed by atoms with van der Waals surface area (Å²) in [6.45, 7) is 3.56. The Balaban J connectivity index is 1.86. The number of benzene rings is 2. The van der Waals surface area contributed by atoms with E-state index in [-0.39, 0.29) is 21.7 Å². The predicted octanol–water partition coefficient (Wildman–Crippen LogP) is 7.73. The monoisotopic (exact) mass is 470 g/mol. The largest absolute Gasteiger partial charge is 0.457 e. The van der Waals surface area contributed by atoms with Crippen LogP contribution >= 0.6 is 23.2 Å². The van der Waals surface area contributed by atoms with Gasteiger partial charge in [-0.2, -0.15) is 8.78 Å². The van der Waals surface area contributed by atoms with E-state index in [1.807, 2.05) is 6.07 Å². The minimum atomic E-state index is -2.57. The number of para-hydroxylation sites is 1. The van der Waals surface area contributed by atoms with Gasteiger partial charge >= 0.3 is 12.0 Å². The van der Waals surface area contributed by atoms with Crippen molar-refractivity contribution in [3.8, 4) is 11.5 Å². The van der Waals surface area contributed by atoms with Gasteiger partial charge in [-0.25, -0.2) is 4.39 Å². The molecule has 0 aromatic heterocycles. The van der Waals surface area contributed by atoms with Crippen LogP contribution in [0.3, 0.4) is 0 Å². The molecule has 31 heavy (non-hydrogen) atoms. The van der Waals surface area contributed by atoms with Crippen LogP contribution in [-0.4, -0.2) is 5.97 Å². The van der Waals surface area contributed by atoms with Gasteiger partial charge in [-0.05, 0) is 41.7 Å². The van der Waals surface area contributed by atoms with E-state index < -0.39 is 35.3 Å². The highest BCUT2D eigenvalue weighted by atomic mass is 35.5. The zero-order valence-electron chi connectivity index (χ0n) is 16.6. The van der Waals surface area contributed by atoms with E-state index >= 15 is 0 Å². The zero-order valence-corrected chi connectivity index (χ0v) is 18.1. The van der Waals surface area contributed by atoms with Gasteiger partial charge in [0.1, 0.15) is 16.0 Å². The van der Waals surface area contributed by atoms with E-state index in [9.17, 15) is 18.0 Å². The smallest absolute Gasteiger partial charge is 0.311 e. The second kappa shape index (κ2) is 9.37. The molecule has 3 nitrogen and oxygen atoms in total. The van der Waals surface area contributed by atoms with Crippen molar-refractivity contribution in [3.63, 3.8) is 0 Å². The van der Waals surface area contributed by atoms with Crippen LogP contribution in [0, 0.1) is 17.3 Å². The summed E-state index contributed by atoms with van der Waals surface area (Å²) in [6.07, 6.45) is -2.99. The second-order valence-corrected chi connectivity index (χ2v) is 8.70. The lowest BCUT2D eigenvalue weighted by Crippen LogP contribution is -2.16. The first-order valence-electron chi connectivity index (χ1n) is 9.38. The fraction of sp³-hybridized carbons (Fsp3) is 0.261. The van der Waals surface area contributed by atoms with Gasteiger partial charge in [0.2, 0.25) is 5.83 Å². The number of hydrogen-bond donors (Lipinski definition) is 0. The van der Waals surface area contributed by atoms with Gasteiger partial charge < -0.3 is 9.47 Å². The molecule has 1 aliphatic carbocycles. The molecule has 1 fully saturated rings. The number of halogens is 5. The fourth-order valence-corrected chi connectivity index (χ4v) is 3.77. The van der Waals surface area contributed by atoms with Crippen molar-refractivity contribution in [1.29, 1.82) is 0 Å². The lowest BCUT2D eigenvalue weighted by Gasteiger charge is -2.18. The molecule has 0 saturated heterocycles. The molecule has 0 bridgehead atoms. The van der Waals surface area contributed by atoms with Crippen molar-refractivity contribution in [2.24, 2.45) is 17.3 Å². The van der Waals surface area contributed by atoms with Crippen LogP contribution in [-0.2, 0) is 9.53 Å². The van der Waals surface area contributed by atoms with Crippen LogP contribution in [0.25, 0.3) is 0 Å². The Morgan fingerprint density at radius 1 is 1.03 bits per heavy atom. The molecule has 3 atom stereocenters. The number of rotatable bonds is 7. The number of esters is 1. The molecule has 0 heterocycles. The van der Waals surface area contributed by atoms with Crippen LogP contribution in [0.15, 0.2) is 77.1 Å². The summed E-state index contributed by atoms with van der Waals surface area (Å²) < 4.78 is 51.4. The van der Waals surface area contributed by atoms with Gasteiger partial charge in [0, 0.05) is 5.56 Å². The van der Waals surface area contributed by atoms with E-state index in [2.05, 4.69) is 0 Å². The standard InChI is InChI=1S/C23H19Cl2F3O3/c1-23(2)16(12-17(24)25)18(23)22(29)31-20(19(26)21(27)28)13-7-6-10-15(11-13)30-14-8-4-3-5-9-14/h3-12,16,18,20H,1-2H3. The summed E-state index contributed by atoms with van der Waals surface area (Å²) >= 11 is 11.4. The van der Waals surface area contributed by atoms with Gasteiger partial charge in [-0.1, -0.05) is 67.4 Å². The van der Waals surface area contributed by atoms with E-state index in [1.165, 1.54) is 24.3 Å². The lowest BCUT2D eigenvalue weighted by atomic mass is 10.1. The van der Waals surface area contributed by atoms with E-state index in [0.29, 0.717) is 5.75 Å². The third-order valence-corrected chi connectivity index (χ3v) is 5.51. The maximum Gasteiger partial charge on any atom is 0.311 e. The Morgan fingerprint density at radius 2 is 1.68 bits per heavy atom. The lowest BCUT2D eigenvalue weighted by molar-refractivity contribution is -0.151. The molecule has 0 aliphatic heterocycles. The topological polar surface area (TPSA) is 35.5 Å². The Kier molecular flexibility index (Phi) is 7.02. The van der Waals surface area contributed by atoms with Gasteiger partial charge in [0.05, 0.1) is 5.92 Å². The van der Waals surface area contributed by atoms with E-state index in [0.717, 1.165) is 0 Å². The summed E-state index contributed by atoms with van der Waals surface area (Å²) in [4.78, 5) is 12.7. The Labute approximate surface area is 188 Å². The molecule has 8 heteroatoms. The number of ether oxygens (including phenoxy) is 2.